The Labute approximate surface area is 196 Å². The number of aromatic nitrogens is 2. The molecule has 0 bridgehead atoms. The Bertz CT molecular complexity index is 1280. The molecule has 4 aromatic rings. The second kappa shape index (κ2) is 10.4. The van der Waals surface area contributed by atoms with Crippen molar-refractivity contribution in [3.8, 4) is 11.8 Å². The van der Waals surface area contributed by atoms with Gasteiger partial charge in [-0.2, -0.15) is 5.26 Å². The van der Waals surface area contributed by atoms with E-state index in [2.05, 4.69) is 35.7 Å². The van der Waals surface area contributed by atoms with Gasteiger partial charge in [0.2, 0.25) is 0 Å². The van der Waals surface area contributed by atoms with Crippen molar-refractivity contribution < 1.29 is 4.74 Å². The molecule has 4 rings (SSSR count). The molecule has 5 heteroatoms. The van der Waals surface area contributed by atoms with E-state index in [0.29, 0.717) is 11.2 Å². The topological polar surface area (TPSA) is 62.4 Å². The van der Waals surface area contributed by atoms with Crippen LogP contribution in [0.25, 0.3) is 16.7 Å². The van der Waals surface area contributed by atoms with E-state index < -0.39 is 0 Å². The first kappa shape index (κ1) is 22.7. The van der Waals surface area contributed by atoms with Gasteiger partial charge < -0.3 is 10.1 Å². The van der Waals surface area contributed by atoms with Gasteiger partial charge >= 0.3 is 0 Å². The van der Waals surface area contributed by atoms with Crippen molar-refractivity contribution in [3.05, 3.63) is 65.2 Å². The number of hydrogen-bond donors (Lipinski definition) is 1. The second-order valence-corrected chi connectivity index (χ2v) is 8.57. The number of anilines is 2. The molecule has 0 saturated heterocycles. The lowest BCUT2D eigenvalue weighted by Crippen LogP contribution is -2.08. The van der Waals surface area contributed by atoms with E-state index in [4.69, 9.17) is 9.72 Å². The highest BCUT2D eigenvalue weighted by Crippen LogP contribution is 2.34. The summed E-state index contributed by atoms with van der Waals surface area (Å²) in [6, 6.07) is 18.5. The Morgan fingerprint density at radius 3 is 2.45 bits per heavy atom. The summed E-state index contributed by atoms with van der Waals surface area (Å²) in [5.74, 6) is 1.82. The van der Waals surface area contributed by atoms with Crippen molar-refractivity contribution >= 4 is 28.2 Å². The van der Waals surface area contributed by atoms with Gasteiger partial charge in [0.1, 0.15) is 17.6 Å². The number of methoxy groups -OCH3 is 1. The molecular formula is C28H32N4O. The molecule has 2 aromatic carbocycles. The molecule has 0 radical (unpaired) electrons. The average Bonchev–Trinajstić information content (AvgIpc) is 3.22. The number of nitrogens with zero attached hydrogens (tertiary/aromatic N) is 3. The van der Waals surface area contributed by atoms with Gasteiger partial charge in [0.05, 0.1) is 23.7 Å². The van der Waals surface area contributed by atoms with Crippen molar-refractivity contribution in [1.82, 2.24) is 9.38 Å². The van der Waals surface area contributed by atoms with Crippen LogP contribution in [0, 0.1) is 18.3 Å². The molecule has 5 nitrogen and oxygen atoms in total. The minimum Gasteiger partial charge on any atom is -0.497 e. The van der Waals surface area contributed by atoms with Crippen molar-refractivity contribution in [2.24, 2.45) is 0 Å². The summed E-state index contributed by atoms with van der Waals surface area (Å²) < 4.78 is 7.44. The molecular weight excluding hydrogens is 408 g/mol. The Morgan fingerprint density at radius 1 is 1.00 bits per heavy atom. The summed E-state index contributed by atoms with van der Waals surface area (Å²) in [5, 5.41) is 13.7. The average molecular weight is 441 g/mol. The van der Waals surface area contributed by atoms with Crippen LogP contribution >= 0.6 is 0 Å². The molecule has 0 saturated carbocycles. The zero-order chi connectivity index (χ0) is 23.2. The summed E-state index contributed by atoms with van der Waals surface area (Å²) >= 11 is 0. The van der Waals surface area contributed by atoms with E-state index in [-0.39, 0.29) is 0 Å². The Balaban J connectivity index is 1.82. The molecule has 2 heterocycles. The lowest BCUT2D eigenvalue weighted by atomic mass is 9.98. The second-order valence-electron chi connectivity index (χ2n) is 8.57. The third-order valence-corrected chi connectivity index (χ3v) is 6.37. The maximum absolute atomic E-state index is 10.0. The zero-order valence-electron chi connectivity index (χ0n) is 19.8. The number of rotatable bonds is 10. The maximum atomic E-state index is 10.0. The van der Waals surface area contributed by atoms with Gasteiger partial charge in [0, 0.05) is 5.69 Å². The molecule has 2 aromatic heterocycles. The molecule has 0 amide bonds. The zero-order valence-corrected chi connectivity index (χ0v) is 19.8. The van der Waals surface area contributed by atoms with Crippen LogP contribution in [0.15, 0.2) is 48.5 Å². The fraction of sp³-hybridized carbons (Fsp3) is 0.357. The fourth-order valence-electron chi connectivity index (χ4n) is 4.52. The Kier molecular flexibility index (Phi) is 7.14. The van der Waals surface area contributed by atoms with Crippen molar-refractivity contribution in [3.63, 3.8) is 0 Å². The first-order valence-corrected chi connectivity index (χ1v) is 11.9. The quantitative estimate of drug-likeness (QED) is 0.262. The van der Waals surface area contributed by atoms with Crippen LogP contribution in [0.2, 0.25) is 0 Å². The van der Waals surface area contributed by atoms with Gasteiger partial charge in [-0.15, -0.1) is 0 Å². The summed E-state index contributed by atoms with van der Waals surface area (Å²) in [5.41, 5.74) is 6.44. The van der Waals surface area contributed by atoms with Crippen LogP contribution < -0.4 is 10.1 Å². The van der Waals surface area contributed by atoms with Crippen LogP contribution in [0.4, 0.5) is 11.5 Å². The Morgan fingerprint density at radius 2 is 1.73 bits per heavy atom. The number of para-hydroxylation sites is 2. The highest BCUT2D eigenvalue weighted by Gasteiger charge is 2.20. The maximum Gasteiger partial charge on any atom is 0.157 e. The summed E-state index contributed by atoms with van der Waals surface area (Å²) in [6.07, 6.45) is 8.33. The number of imidazole rings is 1. The number of hydrogen-bond acceptors (Lipinski definition) is 4. The number of unbranched alkanes of at least 4 members (excludes halogenated alkanes) is 5. The van der Waals surface area contributed by atoms with Gasteiger partial charge in [0.15, 0.2) is 5.65 Å². The fourth-order valence-corrected chi connectivity index (χ4v) is 4.52. The molecule has 1 N–H and O–H groups in total. The van der Waals surface area contributed by atoms with E-state index in [1.807, 2.05) is 42.5 Å². The number of benzene rings is 2. The normalized spacial score (nSPS) is 11.1. The highest BCUT2D eigenvalue weighted by atomic mass is 16.5. The number of fused-ring (bicyclic) bond motifs is 3. The van der Waals surface area contributed by atoms with E-state index in [0.717, 1.165) is 46.7 Å². The summed E-state index contributed by atoms with van der Waals surface area (Å²) in [6.45, 7) is 4.30. The van der Waals surface area contributed by atoms with Gasteiger partial charge in [0.25, 0.3) is 0 Å². The molecule has 0 fully saturated rings. The monoisotopic (exact) mass is 440 g/mol. The van der Waals surface area contributed by atoms with Gasteiger partial charge in [-0.1, -0.05) is 51.2 Å². The number of nitrogens with one attached hydrogen (secondary N) is 1. The van der Waals surface area contributed by atoms with Crippen LogP contribution in [0.1, 0.15) is 62.1 Å². The molecule has 0 aliphatic rings. The smallest absolute Gasteiger partial charge is 0.157 e. The predicted molar refractivity (Wildman–Crippen MR) is 136 cm³/mol. The van der Waals surface area contributed by atoms with Gasteiger partial charge in [-0.3, -0.25) is 4.40 Å². The first-order chi connectivity index (χ1) is 16.2. The van der Waals surface area contributed by atoms with Gasteiger partial charge in [-0.05, 0) is 67.3 Å². The molecule has 0 unspecified atom stereocenters. The first-order valence-electron chi connectivity index (χ1n) is 11.9. The van der Waals surface area contributed by atoms with E-state index in [1.54, 1.807) is 7.11 Å². The number of pyridine rings is 1. The third-order valence-electron chi connectivity index (χ3n) is 6.37. The lowest BCUT2D eigenvalue weighted by molar-refractivity contribution is 0.415. The molecule has 0 spiro atoms. The summed E-state index contributed by atoms with van der Waals surface area (Å²) in [4.78, 5) is 4.83. The molecule has 0 aliphatic carbocycles. The highest BCUT2D eigenvalue weighted by molar-refractivity contribution is 5.87. The number of nitriles is 1. The van der Waals surface area contributed by atoms with Crippen LogP contribution in [-0.4, -0.2) is 16.5 Å². The summed E-state index contributed by atoms with van der Waals surface area (Å²) in [7, 11) is 1.67. The van der Waals surface area contributed by atoms with Crippen LogP contribution in [0.3, 0.4) is 0 Å². The van der Waals surface area contributed by atoms with Crippen molar-refractivity contribution in [1.29, 1.82) is 5.26 Å². The van der Waals surface area contributed by atoms with E-state index in [1.165, 1.54) is 37.7 Å². The predicted octanol–water partition coefficient (Wildman–Crippen LogP) is 7.32. The van der Waals surface area contributed by atoms with E-state index >= 15 is 0 Å². The van der Waals surface area contributed by atoms with Gasteiger partial charge in [-0.25, -0.2) is 4.98 Å². The van der Waals surface area contributed by atoms with Crippen LogP contribution in [0.5, 0.6) is 5.75 Å². The van der Waals surface area contributed by atoms with E-state index in [9.17, 15) is 5.26 Å². The molecule has 170 valence electrons. The molecule has 0 aliphatic heterocycles. The standard InChI is InChI=1S/C28H32N4O/c1-4-5-6-7-8-9-12-23-20(2)24(19-29)28-31-25-13-10-11-14-26(25)32(28)27(23)30-21-15-17-22(33-3)18-16-21/h10-11,13-18,30H,4-9,12H2,1-3H3. The van der Waals surface area contributed by atoms with Crippen molar-refractivity contribution in [2.75, 3.05) is 12.4 Å². The van der Waals surface area contributed by atoms with Crippen LogP contribution in [-0.2, 0) is 6.42 Å². The molecule has 33 heavy (non-hydrogen) atoms. The minimum atomic E-state index is 0.660. The lowest BCUT2D eigenvalue weighted by Gasteiger charge is -2.19. The third kappa shape index (κ3) is 4.66. The Hall–Kier alpha value is -3.52. The largest absolute Gasteiger partial charge is 0.497 e. The van der Waals surface area contributed by atoms with Crippen molar-refractivity contribution in [2.45, 2.75) is 58.8 Å². The minimum absolute atomic E-state index is 0.660. The molecule has 0 atom stereocenters. The number of ether oxygens (including phenoxy) is 1. The SMILES string of the molecule is CCCCCCCCc1c(C)c(C#N)c2nc3ccccc3n2c1Nc1ccc(OC)cc1.